The molecule has 1 rings (SSSR count). The van der Waals surface area contributed by atoms with Gasteiger partial charge in [-0.3, -0.25) is 4.79 Å². The average Bonchev–Trinajstić information content (AvgIpc) is 2.44. The van der Waals surface area contributed by atoms with E-state index in [1.54, 1.807) is 18.9 Å². The molecule has 0 saturated carbocycles. The summed E-state index contributed by atoms with van der Waals surface area (Å²) in [7, 11) is 1.58. The number of piperidine rings is 1. The molecule has 6 nitrogen and oxygen atoms in total. The molecule has 1 fully saturated rings. The standard InChI is InChI=1S/C13H24N2O4/c1-3-19-12(16)11-15(9-10-18-2)13(17)14-7-5-4-6-8-14/h3-11H2,1-2H3. The minimum atomic E-state index is -0.371. The van der Waals surface area contributed by atoms with Crippen LogP contribution >= 0.6 is 0 Å². The van der Waals surface area contributed by atoms with Gasteiger partial charge in [0.2, 0.25) is 0 Å². The molecule has 0 aromatic heterocycles. The van der Waals surface area contributed by atoms with Crippen molar-refractivity contribution in [3.8, 4) is 0 Å². The van der Waals surface area contributed by atoms with E-state index in [-0.39, 0.29) is 18.5 Å². The van der Waals surface area contributed by atoms with E-state index in [1.807, 2.05) is 0 Å². The van der Waals surface area contributed by atoms with Crippen molar-refractivity contribution in [1.29, 1.82) is 0 Å². The van der Waals surface area contributed by atoms with Crippen LogP contribution in [0.3, 0.4) is 0 Å². The van der Waals surface area contributed by atoms with Gasteiger partial charge in [-0.1, -0.05) is 0 Å². The second-order valence-electron chi connectivity index (χ2n) is 4.55. The van der Waals surface area contributed by atoms with Gasteiger partial charge in [0.25, 0.3) is 0 Å². The number of carbonyl (C=O) groups is 2. The molecule has 1 aliphatic rings. The van der Waals surface area contributed by atoms with E-state index < -0.39 is 0 Å². The summed E-state index contributed by atoms with van der Waals surface area (Å²) in [6.45, 7) is 4.44. The largest absolute Gasteiger partial charge is 0.465 e. The summed E-state index contributed by atoms with van der Waals surface area (Å²) in [4.78, 5) is 27.2. The van der Waals surface area contributed by atoms with Crippen molar-refractivity contribution in [3.63, 3.8) is 0 Å². The van der Waals surface area contributed by atoms with Crippen molar-refractivity contribution in [1.82, 2.24) is 9.80 Å². The fourth-order valence-corrected chi connectivity index (χ4v) is 2.09. The number of methoxy groups -OCH3 is 1. The number of esters is 1. The van der Waals surface area contributed by atoms with Gasteiger partial charge in [0.1, 0.15) is 6.54 Å². The third kappa shape index (κ3) is 5.46. The van der Waals surface area contributed by atoms with Crippen LogP contribution < -0.4 is 0 Å². The first-order valence-electron chi connectivity index (χ1n) is 6.87. The molecule has 1 heterocycles. The Balaban J connectivity index is 2.55. The number of amides is 2. The monoisotopic (exact) mass is 272 g/mol. The molecule has 0 bridgehead atoms. The predicted molar refractivity (Wildman–Crippen MR) is 70.9 cm³/mol. The molecule has 0 N–H and O–H groups in total. The molecular weight excluding hydrogens is 248 g/mol. The first kappa shape index (κ1) is 15.8. The third-order valence-corrected chi connectivity index (χ3v) is 3.09. The zero-order valence-electron chi connectivity index (χ0n) is 11.9. The lowest BCUT2D eigenvalue weighted by molar-refractivity contribution is -0.144. The molecule has 2 amide bonds. The maximum absolute atomic E-state index is 12.3. The maximum atomic E-state index is 12.3. The molecule has 19 heavy (non-hydrogen) atoms. The van der Waals surface area contributed by atoms with E-state index in [1.165, 1.54) is 11.3 Å². The topological polar surface area (TPSA) is 59.1 Å². The Labute approximate surface area is 114 Å². The van der Waals surface area contributed by atoms with Crippen LogP contribution in [0, 0.1) is 0 Å². The molecule has 0 aromatic carbocycles. The van der Waals surface area contributed by atoms with Gasteiger partial charge in [-0.2, -0.15) is 0 Å². The summed E-state index contributed by atoms with van der Waals surface area (Å²) in [5.74, 6) is -0.371. The van der Waals surface area contributed by atoms with Crippen molar-refractivity contribution in [2.45, 2.75) is 26.2 Å². The number of hydrogen-bond donors (Lipinski definition) is 0. The lowest BCUT2D eigenvalue weighted by Gasteiger charge is -2.32. The second-order valence-corrected chi connectivity index (χ2v) is 4.55. The number of carbonyl (C=O) groups excluding carboxylic acids is 2. The van der Waals surface area contributed by atoms with Crippen molar-refractivity contribution >= 4 is 12.0 Å². The van der Waals surface area contributed by atoms with Gasteiger partial charge >= 0.3 is 12.0 Å². The smallest absolute Gasteiger partial charge is 0.325 e. The van der Waals surface area contributed by atoms with Crippen LogP contribution in [0.5, 0.6) is 0 Å². The van der Waals surface area contributed by atoms with Crippen LogP contribution in [0.15, 0.2) is 0 Å². The van der Waals surface area contributed by atoms with E-state index in [0.29, 0.717) is 19.8 Å². The highest BCUT2D eigenvalue weighted by Gasteiger charge is 2.24. The number of nitrogens with zero attached hydrogens (tertiary/aromatic N) is 2. The zero-order chi connectivity index (χ0) is 14.1. The zero-order valence-corrected chi connectivity index (χ0v) is 11.9. The first-order chi connectivity index (χ1) is 9.19. The predicted octanol–water partition coefficient (Wildman–Crippen LogP) is 1.10. The van der Waals surface area contributed by atoms with E-state index in [2.05, 4.69) is 0 Å². The van der Waals surface area contributed by atoms with E-state index >= 15 is 0 Å². The van der Waals surface area contributed by atoms with Gasteiger partial charge in [-0.25, -0.2) is 4.79 Å². The van der Waals surface area contributed by atoms with E-state index in [0.717, 1.165) is 25.9 Å². The fraction of sp³-hybridized carbons (Fsp3) is 0.846. The third-order valence-electron chi connectivity index (χ3n) is 3.09. The molecule has 0 atom stereocenters. The van der Waals surface area contributed by atoms with Crippen molar-refractivity contribution in [2.24, 2.45) is 0 Å². The summed E-state index contributed by atoms with van der Waals surface area (Å²) < 4.78 is 9.88. The molecular formula is C13H24N2O4. The van der Waals surface area contributed by atoms with Crippen LogP contribution in [0.25, 0.3) is 0 Å². The number of rotatable bonds is 6. The summed E-state index contributed by atoms with van der Waals surface area (Å²) in [6, 6.07) is -0.0928. The Morgan fingerprint density at radius 3 is 2.47 bits per heavy atom. The van der Waals surface area contributed by atoms with Crippen LogP contribution in [0.2, 0.25) is 0 Å². The van der Waals surface area contributed by atoms with Crippen LogP contribution in [-0.2, 0) is 14.3 Å². The normalized spacial score (nSPS) is 15.2. The van der Waals surface area contributed by atoms with Crippen molar-refractivity contribution in [3.05, 3.63) is 0 Å². The molecule has 0 radical (unpaired) electrons. The quantitative estimate of drug-likeness (QED) is 0.679. The Bertz CT molecular complexity index is 290. The van der Waals surface area contributed by atoms with Gasteiger partial charge < -0.3 is 19.3 Å². The Morgan fingerprint density at radius 2 is 1.89 bits per heavy atom. The first-order valence-corrected chi connectivity index (χ1v) is 6.87. The molecule has 0 spiro atoms. The van der Waals surface area contributed by atoms with Crippen LogP contribution in [0.4, 0.5) is 4.79 Å². The molecule has 1 saturated heterocycles. The van der Waals surface area contributed by atoms with Gasteiger partial charge in [0.15, 0.2) is 0 Å². The van der Waals surface area contributed by atoms with Crippen LogP contribution in [-0.4, -0.2) is 68.3 Å². The SMILES string of the molecule is CCOC(=O)CN(CCOC)C(=O)N1CCCCC1. The van der Waals surface area contributed by atoms with Crippen molar-refractivity contribution in [2.75, 3.05) is 46.5 Å². The second kappa shape index (κ2) is 8.74. The maximum Gasteiger partial charge on any atom is 0.325 e. The van der Waals surface area contributed by atoms with Crippen LogP contribution in [0.1, 0.15) is 26.2 Å². The Hall–Kier alpha value is -1.30. The van der Waals surface area contributed by atoms with Gasteiger partial charge in [0.05, 0.1) is 13.2 Å². The molecule has 110 valence electrons. The molecule has 1 aliphatic heterocycles. The fourth-order valence-electron chi connectivity index (χ4n) is 2.09. The Morgan fingerprint density at radius 1 is 1.21 bits per heavy atom. The summed E-state index contributed by atoms with van der Waals surface area (Å²) in [5.41, 5.74) is 0. The van der Waals surface area contributed by atoms with Crippen molar-refractivity contribution < 1.29 is 19.1 Å². The van der Waals surface area contributed by atoms with E-state index in [4.69, 9.17) is 9.47 Å². The van der Waals surface area contributed by atoms with Gasteiger partial charge in [-0.15, -0.1) is 0 Å². The molecule has 0 aromatic rings. The highest BCUT2D eigenvalue weighted by Crippen LogP contribution is 2.11. The summed E-state index contributed by atoms with van der Waals surface area (Å²) in [6.07, 6.45) is 3.23. The molecule has 0 unspecified atom stereocenters. The minimum absolute atomic E-state index is 0.00741. The average molecular weight is 272 g/mol. The summed E-state index contributed by atoms with van der Waals surface area (Å²) >= 11 is 0. The number of likely N-dealkylation sites (tertiary alicyclic amines) is 1. The van der Waals surface area contributed by atoms with Gasteiger partial charge in [-0.05, 0) is 26.2 Å². The lowest BCUT2D eigenvalue weighted by Crippen LogP contribution is -2.48. The number of ether oxygens (including phenoxy) is 2. The highest BCUT2D eigenvalue weighted by molar-refractivity contribution is 5.81. The Kier molecular flexibility index (Phi) is 7.25. The minimum Gasteiger partial charge on any atom is -0.465 e. The molecule has 6 heteroatoms. The summed E-state index contributed by atoms with van der Waals surface area (Å²) in [5, 5.41) is 0. The van der Waals surface area contributed by atoms with Gasteiger partial charge in [0, 0.05) is 26.7 Å². The number of hydrogen-bond acceptors (Lipinski definition) is 4. The lowest BCUT2D eigenvalue weighted by atomic mass is 10.1. The highest BCUT2D eigenvalue weighted by atomic mass is 16.5. The van der Waals surface area contributed by atoms with E-state index in [9.17, 15) is 9.59 Å². The number of urea groups is 1. The molecule has 0 aliphatic carbocycles.